The van der Waals surface area contributed by atoms with E-state index in [0.29, 0.717) is 39.4 Å². The molecule has 3 aliphatic rings. The van der Waals surface area contributed by atoms with E-state index in [4.69, 9.17) is 4.74 Å². The molecule has 0 aromatic heterocycles. The van der Waals surface area contributed by atoms with Gasteiger partial charge in [0, 0.05) is 39.1 Å². The number of hydrogen-bond donors (Lipinski definition) is 1. The van der Waals surface area contributed by atoms with Crippen LogP contribution in [0.2, 0.25) is 0 Å². The van der Waals surface area contributed by atoms with Crippen LogP contribution in [0.4, 0.5) is 0 Å². The molecule has 0 radical (unpaired) electrons. The summed E-state index contributed by atoms with van der Waals surface area (Å²) in [5, 5.41) is 0. The quantitative estimate of drug-likeness (QED) is 0.687. The summed E-state index contributed by atoms with van der Waals surface area (Å²) in [7, 11) is -3.65. The van der Waals surface area contributed by atoms with Crippen LogP contribution in [0.5, 0.6) is 0 Å². The second-order valence-electron chi connectivity index (χ2n) is 8.90. The summed E-state index contributed by atoms with van der Waals surface area (Å²) in [5.74, 6) is -0.200. The number of benzene rings is 1. The maximum absolute atomic E-state index is 12.8. The number of morpholine rings is 1. The molecule has 2 saturated heterocycles. The third-order valence-electron chi connectivity index (χ3n) is 6.71. The molecule has 1 aliphatic carbocycles. The normalized spacial score (nSPS) is 21.8. The maximum Gasteiger partial charge on any atom is 0.240 e. The SMILES string of the molecule is O=C(CCNS(=O)(=O)c1ccc2c(c1)CCCC2)N1CCCC(C(=O)N2CCOCC2)C1. The van der Waals surface area contributed by atoms with Crippen molar-refractivity contribution < 1.29 is 22.7 Å². The molecule has 2 fully saturated rings. The van der Waals surface area contributed by atoms with E-state index < -0.39 is 10.0 Å². The highest BCUT2D eigenvalue weighted by Gasteiger charge is 2.31. The van der Waals surface area contributed by atoms with Gasteiger partial charge < -0.3 is 14.5 Å². The van der Waals surface area contributed by atoms with Crippen molar-refractivity contribution in [1.29, 1.82) is 0 Å². The van der Waals surface area contributed by atoms with Gasteiger partial charge in [-0.25, -0.2) is 13.1 Å². The average Bonchev–Trinajstić information content (AvgIpc) is 2.83. The Labute approximate surface area is 190 Å². The summed E-state index contributed by atoms with van der Waals surface area (Å²) < 4.78 is 33.3. The monoisotopic (exact) mass is 463 g/mol. The molecule has 32 heavy (non-hydrogen) atoms. The highest BCUT2D eigenvalue weighted by Crippen LogP contribution is 2.24. The Kier molecular flexibility index (Phi) is 7.48. The number of hydrogen-bond acceptors (Lipinski definition) is 5. The molecule has 2 aliphatic heterocycles. The molecular formula is C23H33N3O5S. The van der Waals surface area contributed by atoms with Crippen molar-refractivity contribution in [3.8, 4) is 0 Å². The van der Waals surface area contributed by atoms with Crippen molar-refractivity contribution in [1.82, 2.24) is 14.5 Å². The summed E-state index contributed by atoms with van der Waals surface area (Å²) >= 11 is 0. The predicted molar refractivity (Wildman–Crippen MR) is 120 cm³/mol. The lowest BCUT2D eigenvalue weighted by molar-refractivity contribution is -0.143. The van der Waals surface area contributed by atoms with E-state index in [2.05, 4.69) is 4.72 Å². The van der Waals surface area contributed by atoms with Crippen LogP contribution in [0.1, 0.15) is 43.2 Å². The lowest BCUT2D eigenvalue weighted by Crippen LogP contribution is -2.49. The van der Waals surface area contributed by atoms with E-state index in [1.54, 1.807) is 17.0 Å². The molecule has 176 valence electrons. The summed E-state index contributed by atoms with van der Waals surface area (Å²) in [6.07, 6.45) is 5.80. The van der Waals surface area contributed by atoms with Gasteiger partial charge in [0.15, 0.2) is 0 Å². The van der Waals surface area contributed by atoms with Crippen LogP contribution >= 0.6 is 0 Å². The first-order valence-corrected chi connectivity index (χ1v) is 13.2. The Morgan fingerprint density at radius 2 is 1.75 bits per heavy atom. The van der Waals surface area contributed by atoms with Gasteiger partial charge in [0.05, 0.1) is 24.0 Å². The van der Waals surface area contributed by atoms with Crippen LogP contribution in [0, 0.1) is 5.92 Å². The fourth-order valence-corrected chi connectivity index (χ4v) is 5.94. The molecular weight excluding hydrogens is 430 g/mol. The van der Waals surface area contributed by atoms with Gasteiger partial charge in [0.1, 0.15) is 0 Å². The van der Waals surface area contributed by atoms with E-state index in [1.165, 1.54) is 5.56 Å². The number of likely N-dealkylation sites (tertiary alicyclic amines) is 1. The summed E-state index contributed by atoms with van der Waals surface area (Å²) in [4.78, 5) is 29.3. The van der Waals surface area contributed by atoms with Crippen LogP contribution < -0.4 is 4.72 Å². The molecule has 1 aromatic rings. The standard InChI is InChI=1S/C23H33N3O5S/c27-22(26-11-3-6-20(17-26)23(28)25-12-14-31-15-13-25)9-10-24-32(29,30)21-8-7-18-4-1-2-5-19(18)16-21/h7-8,16,20,24H,1-6,9-15,17H2. The number of carbonyl (C=O) groups excluding carboxylic acids is 2. The largest absolute Gasteiger partial charge is 0.378 e. The van der Waals surface area contributed by atoms with Crippen LogP contribution in [-0.4, -0.2) is 76.0 Å². The van der Waals surface area contributed by atoms with Crippen molar-refractivity contribution in [2.24, 2.45) is 5.92 Å². The van der Waals surface area contributed by atoms with Crippen molar-refractivity contribution in [3.05, 3.63) is 29.3 Å². The molecule has 1 N–H and O–H groups in total. The summed E-state index contributed by atoms with van der Waals surface area (Å²) in [6.45, 7) is 3.41. The maximum atomic E-state index is 12.8. The van der Waals surface area contributed by atoms with Gasteiger partial charge in [-0.05, 0) is 61.8 Å². The first-order valence-electron chi connectivity index (χ1n) is 11.7. The Morgan fingerprint density at radius 3 is 2.53 bits per heavy atom. The molecule has 8 nitrogen and oxygen atoms in total. The molecule has 1 aromatic carbocycles. The second kappa shape index (κ2) is 10.3. The molecule has 9 heteroatoms. The van der Waals surface area contributed by atoms with E-state index in [1.807, 2.05) is 11.0 Å². The molecule has 1 unspecified atom stereocenters. The van der Waals surface area contributed by atoms with Crippen molar-refractivity contribution in [2.45, 2.75) is 49.8 Å². The fourth-order valence-electron chi connectivity index (χ4n) is 4.86. The molecule has 0 spiro atoms. The van der Waals surface area contributed by atoms with Crippen molar-refractivity contribution in [3.63, 3.8) is 0 Å². The average molecular weight is 464 g/mol. The summed E-state index contributed by atoms with van der Waals surface area (Å²) in [5.41, 5.74) is 2.34. The van der Waals surface area contributed by atoms with Crippen LogP contribution in [-0.2, 0) is 37.2 Å². The van der Waals surface area contributed by atoms with Gasteiger partial charge in [-0.15, -0.1) is 0 Å². The van der Waals surface area contributed by atoms with Crippen LogP contribution in [0.3, 0.4) is 0 Å². The first kappa shape index (κ1) is 23.2. The Morgan fingerprint density at radius 1 is 1.00 bits per heavy atom. The van der Waals surface area contributed by atoms with Gasteiger partial charge >= 0.3 is 0 Å². The highest BCUT2D eigenvalue weighted by atomic mass is 32.2. The number of sulfonamides is 1. The zero-order chi connectivity index (χ0) is 22.6. The zero-order valence-corrected chi connectivity index (χ0v) is 19.4. The molecule has 4 rings (SSSR count). The molecule has 2 heterocycles. The number of piperidine rings is 1. The second-order valence-corrected chi connectivity index (χ2v) is 10.7. The smallest absolute Gasteiger partial charge is 0.240 e. The van der Waals surface area contributed by atoms with Crippen LogP contribution in [0.25, 0.3) is 0 Å². The van der Waals surface area contributed by atoms with Gasteiger partial charge in [0.2, 0.25) is 21.8 Å². The van der Waals surface area contributed by atoms with Crippen molar-refractivity contribution in [2.75, 3.05) is 45.9 Å². The zero-order valence-electron chi connectivity index (χ0n) is 18.6. The van der Waals surface area contributed by atoms with Gasteiger partial charge in [-0.2, -0.15) is 0 Å². The minimum atomic E-state index is -3.65. The minimum Gasteiger partial charge on any atom is -0.378 e. The van der Waals surface area contributed by atoms with Gasteiger partial charge in [-0.1, -0.05) is 6.07 Å². The lowest BCUT2D eigenvalue weighted by atomic mass is 9.92. The first-order chi connectivity index (χ1) is 15.4. The number of aryl methyl sites for hydroxylation is 2. The van der Waals surface area contributed by atoms with E-state index in [9.17, 15) is 18.0 Å². The number of ether oxygens (including phenoxy) is 1. The number of nitrogens with zero attached hydrogens (tertiary/aromatic N) is 2. The fraction of sp³-hybridized carbons (Fsp3) is 0.652. The Bertz CT molecular complexity index is 943. The number of fused-ring (bicyclic) bond motifs is 1. The van der Waals surface area contributed by atoms with E-state index in [-0.39, 0.29) is 35.6 Å². The van der Waals surface area contributed by atoms with Crippen LogP contribution in [0.15, 0.2) is 23.1 Å². The Balaban J connectivity index is 1.28. The number of amides is 2. The number of carbonyl (C=O) groups is 2. The van der Waals surface area contributed by atoms with E-state index in [0.717, 1.165) is 44.1 Å². The summed E-state index contributed by atoms with van der Waals surface area (Å²) in [6, 6.07) is 5.33. The lowest BCUT2D eigenvalue weighted by Gasteiger charge is -2.36. The number of nitrogens with one attached hydrogen (secondary N) is 1. The third-order valence-corrected chi connectivity index (χ3v) is 8.17. The van der Waals surface area contributed by atoms with Gasteiger partial charge in [-0.3, -0.25) is 9.59 Å². The third kappa shape index (κ3) is 5.50. The highest BCUT2D eigenvalue weighted by molar-refractivity contribution is 7.89. The molecule has 0 bridgehead atoms. The van der Waals surface area contributed by atoms with Gasteiger partial charge in [0.25, 0.3) is 0 Å². The molecule has 2 amide bonds. The topological polar surface area (TPSA) is 96.0 Å². The van der Waals surface area contributed by atoms with E-state index >= 15 is 0 Å². The number of rotatable bonds is 6. The Hall–Kier alpha value is -1.97. The van der Waals surface area contributed by atoms with Crippen molar-refractivity contribution >= 4 is 21.8 Å². The predicted octanol–water partition coefficient (Wildman–Crippen LogP) is 1.33. The minimum absolute atomic E-state index is 0.0524. The molecule has 0 saturated carbocycles. The molecule has 1 atom stereocenters.